The van der Waals surface area contributed by atoms with Crippen molar-refractivity contribution in [3.05, 3.63) is 18.3 Å². The van der Waals surface area contributed by atoms with Crippen LogP contribution in [0.2, 0.25) is 0 Å². The van der Waals surface area contributed by atoms with Crippen LogP contribution in [-0.4, -0.2) is 35.4 Å². The number of anilines is 1. The van der Waals surface area contributed by atoms with Gasteiger partial charge in [0.25, 0.3) is 5.91 Å². The van der Waals surface area contributed by atoms with Gasteiger partial charge in [-0.2, -0.15) is 5.10 Å². The topological polar surface area (TPSA) is 73.4 Å². The third kappa shape index (κ3) is 2.21. The van der Waals surface area contributed by atoms with E-state index in [1.165, 1.54) is 0 Å². The second-order valence-corrected chi connectivity index (χ2v) is 4.90. The van der Waals surface area contributed by atoms with Gasteiger partial charge in [0.15, 0.2) is 6.61 Å². The number of carbonyl (C=O) groups is 1. The summed E-state index contributed by atoms with van der Waals surface area (Å²) in [4.78, 5) is 13.4. The molecular weight excluding hydrogens is 280 g/mol. The van der Waals surface area contributed by atoms with Gasteiger partial charge >= 0.3 is 0 Å². The van der Waals surface area contributed by atoms with Crippen molar-refractivity contribution in [2.45, 2.75) is 19.5 Å². The first-order valence-electron chi connectivity index (χ1n) is 6.21. The normalized spacial score (nSPS) is 15.6. The van der Waals surface area contributed by atoms with E-state index < -0.39 is 0 Å². The van der Waals surface area contributed by atoms with Crippen LogP contribution in [0.5, 0.6) is 5.75 Å². The SMILES string of the molecule is CC(N)Cn1ncc2ccc3c(c21)N(C)C(=O)CO3.Cl. The van der Waals surface area contributed by atoms with E-state index in [-0.39, 0.29) is 31.0 Å². The third-order valence-corrected chi connectivity index (χ3v) is 3.26. The molecule has 20 heavy (non-hydrogen) atoms. The molecule has 0 radical (unpaired) electrons. The molecule has 6 nitrogen and oxygen atoms in total. The summed E-state index contributed by atoms with van der Waals surface area (Å²) in [6.45, 7) is 2.60. The Balaban J connectivity index is 0.00000147. The first kappa shape index (κ1) is 14.6. The molecule has 1 aromatic heterocycles. The fraction of sp³-hybridized carbons (Fsp3) is 0.385. The summed E-state index contributed by atoms with van der Waals surface area (Å²) in [6, 6.07) is 3.81. The highest BCUT2D eigenvalue weighted by Gasteiger charge is 2.26. The van der Waals surface area contributed by atoms with E-state index in [1.807, 2.05) is 23.7 Å². The van der Waals surface area contributed by atoms with E-state index >= 15 is 0 Å². The molecule has 1 atom stereocenters. The summed E-state index contributed by atoms with van der Waals surface area (Å²) in [5, 5.41) is 5.32. The Morgan fingerprint density at radius 2 is 2.25 bits per heavy atom. The molecule has 1 aliphatic rings. The molecular formula is C13H17ClN4O2. The van der Waals surface area contributed by atoms with Gasteiger partial charge in [-0.05, 0) is 19.1 Å². The van der Waals surface area contributed by atoms with Crippen LogP contribution < -0.4 is 15.4 Å². The van der Waals surface area contributed by atoms with Gasteiger partial charge in [0.2, 0.25) is 0 Å². The van der Waals surface area contributed by atoms with E-state index in [1.54, 1.807) is 18.1 Å². The number of amides is 1. The Morgan fingerprint density at radius 1 is 1.50 bits per heavy atom. The number of halogens is 1. The highest BCUT2D eigenvalue weighted by Crippen LogP contribution is 2.38. The molecule has 0 aliphatic carbocycles. The minimum Gasteiger partial charge on any atom is -0.481 e. The van der Waals surface area contributed by atoms with Crippen molar-refractivity contribution in [2.75, 3.05) is 18.6 Å². The molecule has 0 saturated carbocycles. The molecule has 1 amide bonds. The van der Waals surface area contributed by atoms with Crippen molar-refractivity contribution in [1.29, 1.82) is 0 Å². The lowest BCUT2D eigenvalue weighted by Gasteiger charge is -2.27. The van der Waals surface area contributed by atoms with Crippen molar-refractivity contribution in [2.24, 2.45) is 5.73 Å². The second-order valence-electron chi connectivity index (χ2n) is 4.90. The van der Waals surface area contributed by atoms with Crippen molar-refractivity contribution < 1.29 is 9.53 Å². The summed E-state index contributed by atoms with van der Waals surface area (Å²) in [7, 11) is 1.76. The maximum atomic E-state index is 11.8. The fourth-order valence-electron chi connectivity index (χ4n) is 2.35. The summed E-state index contributed by atoms with van der Waals surface area (Å²) >= 11 is 0. The quantitative estimate of drug-likeness (QED) is 0.902. The minimum atomic E-state index is -0.0615. The fourth-order valence-corrected chi connectivity index (χ4v) is 2.35. The predicted octanol–water partition coefficient (Wildman–Crippen LogP) is 1.16. The van der Waals surface area contributed by atoms with Crippen molar-refractivity contribution in [3.63, 3.8) is 0 Å². The molecule has 0 fully saturated rings. The number of hydrogen-bond acceptors (Lipinski definition) is 4. The van der Waals surface area contributed by atoms with Gasteiger partial charge in [-0.25, -0.2) is 0 Å². The van der Waals surface area contributed by atoms with Crippen molar-refractivity contribution >= 4 is 34.9 Å². The molecule has 0 saturated heterocycles. The van der Waals surface area contributed by atoms with Gasteiger partial charge in [0, 0.05) is 18.5 Å². The molecule has 2 aromatic rings. The first-order valence-corrected chi connectivity index (χ1v) is 6.21. The largest absolute Gasteiger partial charge is 0.481 e. The van der Waals surface area contributed by atoms with E-state index in [9.17, 15) is 4.79 Å². The van der Waals surface area contributed by atoms with E-state index in [2.05, 4.69) is 5.10 Å². The zero-order valence-corrected chi connectivity index (χ0v) is 12.2. The van der Waals surface area contributed by atoms with Crippen LogP contribution in [0.3, 0.4) is 0 Å². The number of hydrogen-bond donors (Lipinski definition) is 1. The Hall–Kier alpha value is -1.79. The third-order valence-electron chi connectivity index (χ3n) is 3.26. The first-order chi connectivity index (χ1) is 9.08. The number of likely N-dealkylation sites (N-methyl/N-ethyl adjacent to an activating group) is 1. The molecule has 2 N–H and O–H groups in total. The number of aromatic nitrogens is 2. The van der Waals surface area contributed by atoms with E-state index in [0.717, 1.165) is 16.6 Å². The Labute approximate surface area is 122 Å². The number of rotatable bonds is 2. The number of nitrogens with zero attached hydrogens (tertiary/aromatic N) is 3. The van der Waals surface area contributed by atoms with Crippen molar-refractivity contribution in [3.8, 4) is 5.75 Å². The van der Waals surface area contributed by atoms with Crippen LogP contribution in [-0.2, 0) is 11.3 Å². The van der Waals surface area contributed by atoms with Crippen LogP contribution in [0.1, 0.15) is 6.92 Å². The van der Waals surface area contributed by atoms with E-state index in [4.69, 9.17) is 10.5 Å². The number of nitrogens with two attached hydrogens (primary N) is 1. The van der Waals surface area contributed by atoms with Gasteiger partial charge in [-0.3, -0.25) is 9.48 Å². The van der Waals surface area contributed by atoms with Crippen LogP contribution >= 0.6 is 12.4 Å². The lowest BCUT2D eigenvalue weighted by molar-refractivity contribution is -0.120. The molecule has 1 aromatic carbocycles. The average molecular weight is 297 g/mol. The molecule has 3 rings (SSSR count). The van der Waals surface area contributed by atoms with Crippen LogP contribution in [0.15, 0.2) is 18.3 Å². The Kier molecular flexibility index (Phi) is 3.87. The summed E-state index contributed by atoms with van der Waals surface area (Å²) < 4.78 is 7.31. The zero-order valence-electron chi connectivity index (χ0n) is 11.4. The molecule has 108 valence electrons. The van der Waals surface area contributed by atoms with Gasteiger partial charge in [0.05, 0.1) is 18.3 Å². The summed E-state index contributed by atoms with van der Waals surface area (Å²) in [5.74, 6) is 0.648. The molecule has 0 bridgehead atoms. The monoisotopic (exact) mass is 296 g/mol. The standard InChI is InChI=1S/C13H16N4O2.ClH/c1-8(14)6-17-12-9(5-15-17)3-4-10-13(12)16(2)11(18)7-19-10;/h3-5,8H,6-7,14H2,1-2H3;1H. The average Bonchev–Trinajstić information content (AvgIpc) is 2.76. The number of ether oxygens (including phenoxy) is 1. The summed E-state index contributed by atoms with van der Waals surface area (Å²) in [5.41, 5.74) is 7.50. The predicted molar refractivity (Wildman–Crippen MR) is 79.5 cm³/mol. The minimum absolute atomic E-state index is 0. The summed E-state index contributed by atoms with van der Waals surface area (Å²) in [6.07, 6.45) is 1.78. The highest BCUT2D eigenvalue weighted by atomic mass is 35.5. The van der Waals surface area contributed by atoms with Crippen molar-refractivity contribution in [1.82, 2.24) is 9.78 Å². The van der Waals surface area contributed by atoms with Gasteiger partial charge in [-0.15, -0.1) is 12.4 Å². The highest BCUT2D eigenvalue weighted by molar-refractivity contribution is 6.06. The Bertz CT molecular complexity index is 653. The van der Waals surface area contributed by atoms with Crippen LogP contribution in [0, 0.1) is 0 Å². The van der Waals surface area contributed by atoms with Gasteiger partial charge < -0.3 is 15.4 Å². The second kappa shape index (κ2) is 5.30. The zero-order chi connectivity index (χ0) is 13.6. The molecule has 2 heterocycles. The van der Waals surface area contributed by atoms with E-state index in [0.29, 0.717) is 12.3 Å². The smallest absolute Gasteiger partial charge is 0.264 e. The Morgan fingerprint density at radius 3 is 2.95 bits per heavy atom. The molecule has 1 aliphatic heterocycles. The van der Waals surface area contributed by atoms with Gasteiger partial charge in [0.1, 0.15) is 11.4 Å². The number of benzene rings is 1. The molecule has 1 unspecified atom stereocenters. The lowest BCUT2D eigenvalue weighted by atomic mass is 10.1. The number of fused-ring (bicyclic) bond motifs is 3. The molecule has 0 spiro atoms. The van der Waals surface area contributed by atoms with Crippen LogP contribution in [0.25, 0.3) is 10.9 Å². The molecule has 7 heteroatoms. The maximum absolute atomic E-state index is 11.8. The maximum Gasteiger partial charge on any atom is 0.264 e. The van der Waals surface area contributed by atoms with Gasteiger partial charge in [-0.1, -0.05) is 0 Å². The number of carbonyl (C=O) groups excluding carboxylic acids is 1. The van der Waals surface area contributed by atoms with Crippen LogP contribution in [0.4, 0.5) is 5.69 Å². The lowest BCUT2D eigenvalue weighted by Crippen LogP contribution is -2.36.